The van der Waals surface area contributed by atoms with Crippen LogP contribution < -0.4 is 5.48 Å². The van der Waals surface area contributed by atoms with Crippen LogP contribution >= 0.6 is 35.0 Å². The van der Waals surface area contributed by atoms with E-state index < -0.39 is 17.5 Å². The third kappa shape index (κ3) is 3.61. The first kappa shape index (κ1) is 16.8. The Morgan fingerprint density at radius 1 is 1.52 bits per heavy atom. The maximum absolute atomic E-state index is 12.9. The molecule has 2 heterocycles. The van der Waals surface area contributed by atoms with E-state index in [0.717, 1.165) is 16.4 Å². The fourth-order valence-corrected chi connectivity index (χ4v) is 3.10. The van der Waals surface area contributed by atoms with Gasteiger partial charge in [0.1, 0.15) is 10.8 Å². The predicted molar refractivity (Wildman–Crippen MR) is 75.9 cm³/mol. The summed E-state index contributed by atoms with van der Waals surface area (Å²) in [5, 5.41) is 3.98. The summed E-state index contributed by atoms with van der Waals surface area (Å²) in [5.74, 6) is 0.244. The highest BCUT2D eigenvalue weighted by Gasteiger charge is 2.39. The summed E-state index contributed by atoms with van der Waals surface area (Å²) < 4.78 is 39.7. The molecule has 4 nitrogen and oxygen atoms in total. The molecule has 0 saturated heterocycles. The first-order valence-corrected chi connectivity index (χ1v) is 7.70. The summed E-state index contributed by atoms with van der Waals surface area (Å²) in [4.78, 5) is 5.25. The highest BCUT2D eigenvalue weighted by atomic mass is 35.5. The van der Waals surface area contributed by atoms with E-state index in [1.807, 2.05) is 0 Å². The van der Waals surface area contributed by atoms with Crippen molar-refractivity contribution >= 4 is 35.0 Å². The second-order valence-corrected chi connectivity index (χ2v) is 6.33. The molecule has 21 heavy (non-hydrogen) atoms. The van der Waals surface area contributed by atoms with Gasteiger partial charge in [0.05, 0.1) is 10.9 Å². The molecule has 1 aromatic heterocycles. The van der Waals surface area contributed by atoms with Gasteiger partial charge < -0.3 is 0 Å². The molecule has 118 valence electrons. The van der Waals surface area contributed by atoms with Crippen LogP contribution in [0.1, 0.15) is 18.2 Å². The van der Waals surface area contributed by atoms with E-state index in [0.29, 0.717) is 5.03 Å². The minimum atomic E-state index is -4.54. The molecule has 1 aliphatic heterocycles. The van der Waals surface area contributed by atoms with Gasteiger partial charge in [-0.3, -0.25) is 15.0 Å². The first-order chi connectivity index (χ1) is 9.66. The SMILES string of the molecule is Cn1nc(C(F)(F)F)c(CSC2=CC(C)(CCl)ON2)c1Cl. The summed E-state index contributed by atoms with van der Waals surface area (Å²) in [6.45, 7) is 1.76. The normalized spacial score (nSPS) is 22.3. The van der Waals surface area contributed by atoms with E-state index in [9.17, 15) is 13.2 Å². The van der Waals surface area contributed by atoms with E-state index in [4.69, 9.17) is 28.0 Å². The van der Waals surface area contributed by atoms with Crippen molar-refractivity contribution in [1.29, 1.82) is 0 Å². The number of hydroxylamine groups is 1. The number of halogens is 5. The van der Waals surface area contributed by atoms with Crippen LogP contribution in [-0.2, 0) is 23.8 Å². The van der Waals surface area contributed by atoms with E-state index in [1.165, 1.54) is 7.05 Å². The van der Waals surface area contributed by atoms with Gasteiger partial charge in [-0.2, -0.15) is 18.3 Å². The molecular weight excluding hydrogens is 350 g/mol. The van der Waals surface area contributed by atoms with Gasteiger partial charge in [-0.15, -0.1) is 23.4 Å². The van der Waals surface area contributed by atoms with Crippen LogP contribution in [0.5, 0.6) is 0 Å². The molecule has 0 bridgehead atoms. The molecular formula is C11H12Cl2F3N3OS. The average Bonchev–Trinajstić information content (AvgIpc) is 2.91. The molecule has 10 heteroatoms. The van der Waals surface area contributed by atoms with Crippen LogP contribution in [0.15, 0.2) is 11.1 Å². The number of aryl methyl sites for hydroxylation is 1. The number of nitrogens with one attached hydrogen (secondary N) is 1. The van der Waals surface area contributed by atoms with Gasteiger partial charge in [0.2, 0.25) is 0 Å². The Kier molecular flexibility index (Phi) is 4.72. The number of hydrogen-bond acceptors (Lipinski definition) is 4. The zero-order chi connectivity index (χ0) is 15.8. The Hall–Kier alpha value is -0.570. The van der Waals surface area contributed by atoms with Crippen molar-refractivity contribution in [3.05, 3.63) is 27.5 Å². The number of aromatic nitrogens is 2. The highest BCUT2D eigenvalue weighted by Crippen LogP contribution is 2.38. The molecule has 1 atom stereocenters. The molecule has 0 aliphatic carbocycles. The van der Waals surface area contributed by atoms with Crippen LogP contribution in [0.4, 0.5) is 13.2 Å². The lowest BCUT2D eigenvalue weighted by Gasteiger charge is -2.14. The molecule has 1 unspecified atom stereocenters. The maximum atomic E-state index is 12.9. The van der Waals surface area contributed by atoms with Crippen molar-refractivity contribution in [3.8, 4) is 0 Å². The Morgan fingerprint density at radius 3 is 2.71 bits per heavy atom. The molecule has 0 spiro atoms. The molecule has 0 saturated carbocycles. The van der Waals surface area contributed by atoms with Crippen molar-refractivity contribution in [1.82, 2.24) is 15.3 Å². The van der Waals surface area contributed by atoms with Crippen LogP contribution in [-0.4, -0.2) is 21.3 Å². The maximum Gasteiger partial charge on any atom is 0.435 e. The lowest BCUT2D eigenvalue weighted by Crippen LogP contribution is -2.27. The first-order valence-electron chi connectivity index (χ1n) is 5.80. The summed E-state index contributed by atoms with van der Waals surface area (Å²) in [6.07, 6.45) is -2.82. The number of rotatable bonds is 4. The van der Waals surface area contributed by atoms with E-state index in [2.05, 4.69) is 10.6 Å². The standard InChI is InChI=1S/C11H12Cl2F3N3OS/c1-10(5-12)3-7(18-20-10)21-4-6-8(11(14,15)16)17-19(2)9(6)13/h3,18H,4-5H2,1-2H3. The zero-order valence-corrected chi connectivity index (χ0v) is 13.4. The second-order valence-electron chi connectivity index (χ2n) is 4.69. The van der Waals surface area contributed by atoms with Crippen LogP contribution in [0.2, 0.25) is 5.15 Å². The fraction of sp³-hybridized carbons (Fsp3) is 0.545. The lowest BCUT2D eigenvalue weighted by molar-refractivity contribution is -0.141. The van der Waals surface area contributed by atoms with E-state index in [-0.39, 0.29) is 22.3 Å². The Balaban J connectivity index is 2.16. The number of hydrogen-bond donors (Lipinski definition) is 1. The van der Waals surface area contributed by atoms with Crippen molar-refractivity contribution in [2.75, 3.05) is 5.88 Å². The number of alkyl halides is 4. The third-order valence-corrected chi connectivity index (χ3v) is 4.74. The van der Waals surface area contributed by atoms with Crippen LogP contribution in [0, 0.1) is 0 Å². The monoisotopic (exact) mass is 361 g/mol. The van der Waals surface area contributed by atoms with Crippen LogP contribution in [0.3, 0.4) is 0 Å². The topological polar surface area (TPSA) is 39.1 Å². The minimum absolute atomic E-state index is 0.0159. The average molecular weight is 362 g/mol. The second kappa shape index (κ2) is 5.91. The summed E-state index contributed by atoms with van der Waals surface area (Å²) in [5.41, 5.74) is 0.943. The van der Waals surface area contributed by atoms with Gasteiger partial charge in [-0.25, -0.2) is 0 Å². The van der Waals surface area contributed by atoms with Gasteiger partial charge in [-0.1, -0.05) is 11.6 Å². The Morgan fingerprint density at radius 2 is 2.19 bits per heavy atom. The van der Waals surface area contributed by atoms with Gasteiger partial charge in [0.25, 0.3) is 0 Å². The van der Waals surface area contributed by atoms with E-state index in [1.54, 1.807) is 13.0 Å². The predicted octanol–water partition coefficient (Wildman–Crippen LogP) is 3.70. The minimum Gasteiger partial charge on any atom is -0.264 e. The molecule has 0 amide bonds. The third-order valence-electron chi connectivity index (χ3n) is 2.80. The lowest BCUT2D eigenvalue weighted by atomic mass is 10.1. The molecule has 1 N–H and O–H groups in total. The summed E-state index contributed by atoms with van der Waals surface area (Å²) in [7, 11) is 1.37. The molecule has 0 radical (unpaired) electrons. The van der Waals surface area contributed by atoms with E-state index >= 15 is 0 Å². The molecule has 1 aromatic rings. The van der Waals surface area contributed by atoms with Crippen molar-refractivity contribution in [2.24, 2.45) is 7.05 Å². The number of thioether (sulfide) groups is 1. The fourth-order valence-electron chi connectivity index (χ4n) is 1.69. The molecule has 2 rings (SSSR count). The Labute approximate surface area is 133 Å². The number of nitrogens with zero attached hydrogens (tertiary/aromatic N) is 2. The summed E-state index contributed by atoms with van der Waals surface area (Å²) >= 11 is 12.8. The molecule has 0 fully saturated rings. The Bertz CT molecular complexity index is 576. The van der Waals surface area contributed by atoms with Crippen molar-refractivity contribution < 1.29 is 18.0 Å². The largest absolute Gasteiger partial charge is 0.435 e. The smallest absolute Gasteiger partial charge is 0.264 e. The van der Waals surface area contributed by atoms with Crippen LogP contribution in [0.25, 0.3) is 0 Å². The molecule has 0 aromatic carbocycles. The molecule has 1 aliphatic rings. The summed E-state index contributed by atoms with van der Waals surface area (Å²) in [6, 6.07) is 0. The van der Waals surface area contributed by atoms with Gasteiger partial charge in [0.15, 0.2) is 5.69 Å². The van der Waals surface area contributed by atoms with Crippen molar-refractivity contribution in [3.63, 3.8) is 0 Å². The highest BCUT2D eigenvalue weighted by molar-refractivity contribution is 8.02. The van der Waals surface area contributed by atoms with Gasteiger partial charge in [0, 0.05) is 18.4 Å². The van der Waals surface area contributed by atoms with Gasteiger partial charge in [-0.05, 0) is 13.0 Å². The zero-order valence-electron chi connectivity index (χ0n) is 11.1. The van der Waals surface area contributed by atoms with Gasteiger partial charge >= 0.3 is 6.18 Å². The quantitative estimate of drug-likeness (QED) is 0.830. The van der Waals surface area contributed by atoms with Crippen molar-refractivity contribution in [2.45, 2.75) is 24.5 Å².